The quantitative estimate of drug-likeness (QED) is 0.771. The first kappa shape index (κ1) is 12.3. The van der Waals surface area contributed by atoms with Gasteiger partial charge in [0.1, 0.15) is 0 Å². The fraction of sp³-hybridized carbons (Fsp3) is 0. The lowest BCUT2D eigenvalue weighted by Crippen LogP contribution is -1.78. The van der Waals surface area contributed by atoms with E-state index in [-0.39, 0.29) is 0 Å². The molecule has 2 rings (SSSR count). The summed E-state index contributed by atoms with van der Waals surface area (Å²) in [5.74, 6) is 0. The van der Waals surface area contributed by atoms with E-state index in [9.17, 15) is 0 Å². The first-order chi connectivity index (χ1) is 8.19. The zero-order chi connectivity index (χ0) is 12.3. The molecule has 0 aliphatic rings. The topological polar surface area (TPSA) is 23.8 Å². The van der Waals surface area contributed by atoms with Gasteiger partial charge < -0.3 is 0 Å². The van der Waals surface area contributed by atoms with Crippen LogP contribution in [0.5, 0.6) is 0 Å². The lowest BCUT2D eigenvalue weighted by Gasteiger charge is -2.04. The molecule has 4 heteroatoms. The molecule has 0 atom stereocenters. The number of rotatable bonds is 2. The third-order valence-electron chi connectivity index (χ3n) is 2.08. The zero-order valence-electron chi connectivity index (χ0n) is 8.65. The molecule has 0 radical (unpaired) electrons. The van der Waals surface area contributed by atoms with Crippen molar-refractivity contribution in [3.05, 3.63) is 58.1 Å². The van der Waals surface area contributed by atoms with E-state index in [0.717, 1.165) is 9.79 Å². The number of halogens is 2. The zero-order valence-corrected chi connectivity index (χ0v) is 11.0. The lowest BCUT2D eigenvalue weighted by atomic mass is 10.2. The molecule has 2 aromatic rings. The van der Waals surface area contributed by atoms with Gasteiger partial charge in [0.2, 0.25) is 0 Å². The van der Waals surface area contributed by atoms with E-state index < -0.39 is 0 Å². The molecular weight excluding hydrogens is 273 g/mol. The minimum atomic E-state index is 0.633. The molecule has 0 aromatic heterocycles. The van der Waals surface area contributed by atoms with Crippen LogP contribution in [-0.2, 0) is 0 Å². The van der Waals surface area contributed by atoms with Gasteiger partial charge in [0.15, 0.2) is 0 Å². The Bertz CT molecular complexity index is 590. The van der Waals surface area contributed by atoms with Crippen LogP contribution >= 0.6 is 35.0 Å². The van der Waals surface area contributed by atoms with E-state index in [1.165, 1.54) is 11.8 Å². The van der Waals surface area contributed by atoms with E-state index >= 15 is 0 Å². The Kier molecular flexibility index (Phi) is 3.96. The predicted molar refractivity (Wildman–Crippen MR) is 71.7 cm³/mol. The first-order valence-corrected chi connectivity index (χ1v) is 6.39. The van der Waals surface area contributed by atoms with E-state index in [0.29, 0.717) is 15.6 Å². The second-order valence-electron chi connectivity index (χ2n) is 3.32. The van der Waals surface area contributed by atoms with Crippen molar-refractivity contribution in [2.75, 3.05) is 0 Å². The standard InChI is InChI=1S/C13H7Cl2NS/c14-10-4-5-12(15)13(7-10)17-11-3-1-2-9(6-11)8-16/h1-7H. The van der Waals surface area contributed by atoms with Gasteiger partial charge in [0.25, 0.3) is 0 Å². The van der Waals surface area contributed by atoms with Crippen molar-refractivity contribution >= 4 is 35.0 Å². The number of nitriles is 1. The van der Waals surface area contributed by atoms with E-state index in [4.69, 9.17) is 28.5 Å². The smallest absolute Gasteiger partial charge is 0.0992 e. The van der Waals surface area contributed by atoms with Gasteiger partial charge in [-0.3, -0.25) is 0 Å². The summed E-state index contributed by atoms with van der Waals surface area (Å²) in [4.78, 5) is 1.85. The minimum Gasteiger partial charge on any atom is -0.192 e. The molecule has 1 nitrogen and oxygen atoms in total. The van der Waals surface area contributed by atoms with Gasteiger partial charge in [-0.05, 0) is 36.4 Å². The molecule has 0 amide bonds. The van der Waals surface area contributed by atoms with E-state index in [1.807, 2.05) is 24.3 Å². The summed E-state index contributed by atoms with van der Waals surface area (Å²) in [6.07, 6.45) is 0. The maximum Gasteiger partial charge on any atom is 0.0992 e. The Balaban J connectivity index is 2.31. The number of hydrogen-bond acceptors (Lipinski definition) is 2. The maximum absolute atomic E-state index is 8.82. The average Bonchev–Trinajstić information content (AvgIpc) is 2.34. The molecular formula is C13H7Cl2NS. The highest BCUT2D eigenvalue weighted by atomic mass is 35.5. The highest BCUT2D eigenvalue weighted by molar-refractivity contribution is 7.99. The van der Waals surface area contributed by atoms with Gasteiger partial charge >= 0.3 is 0 Å². The summed E-state index contributed by atoms with van der Waals surface area (Å²) < 4.78 is 0. The lowest BCUT2D eigenvalue weighted by molar-refractivity contribution is 1.38. The molecule has 0 spiro atoms. The summed E-state index contributed by atoms with van der Waals surface area (Å²) in [6.45, 7) is 0. The normalized spacial score (nSPS) is 9.94. The van der Waals surface area contributed by atoms with Gasteiger partial charge in [-0.1, -0.05) is 41.0 Å². The molecule has 2 aromatic carbocycles. The van der Waals surface area contributed by atoms with Gasteiger partial charge in [0.05, 0.1) is 16.7 Å². The predicted octanol–water partition coefficient (Wildman–Crippen LogP) is 5.02. The van der Waals surface area contributed by atoms with Crippen LogP contribution in [0.3, 0.4) is 0 Å². The average molecular weight is 280 g/mol. The summed E-state index contributed by atoms with van der Waals surface area (Å²) in [7, 11) is 0. The third-order valence-corrected chi connectivity index (χ3v) is 3.81. The highest BCUT2D eigenvalue weighted by Gasteiger charge is 2.04. The van der Waals surface area contributed by atoms with E-state index in [1.54, 1.807) is 18.2 Å². The number of benzene rings is 2. The molecule has 0 fully saturated rings. The molecule has 0 N–H and O–H groups in total. The molecule has 0 bridgehead atoms. The van der Waals surface area contributed by atoms with Crippen LogP contribution in [0.15, 0.2) is 52.3 Å². The second-order valence-corrected chi connectivity index (χ2v) is 5.28. The fourth-order valence-electron chi connectivity index (χ4n) is 1.31. The second kappa shape index (κ2) is 5.46. The summed E-state index contributed by atoms with van der Waals surface area (Å²) in [6, 6.07) is 14.8. The van der Waals surface area contributed by atoms with Gasteiger partial charge in [0, 0.05) is 14.8 Å². The molecule has 0 saturated heterocycles. The van der Waals surface area contributed by atoms with Gasteiger partial charge in [-0.25, -0.2) is 0 Å². The Morgan fingerprint density at radius 3 is 2.65 bits per heavy atom. The van der Waals surface area contributed by atoms with Crippen molar-refractivity contribution in [3.63, 3.8) is 0 Å². The van der Waals surface area contributed by atoms with Crippen molar-refractivity contribution in [2.24, 2.45) is 0 Å². The van der Waals surface area contributed by atoms with Crippen molar-refractivity contribution in [3.8, 4) is 6.07 Å². The van der Waals surface area contributed by atoms with Crippen LogP contribution < -0.4 is 0 Å². The molecule has 17 heavy (non-hydrogen) atoms. The van der Waals surface area contributed by atoms with Crippen LogP contribution in [-0.4, -0.2) is 0 Å². The number of hydrogen-bond donors (Lipinski definition) is 0. The van der Waals surface area contributed by atoms with Gasteiger partial charge in [-0.2, -0.15) is 5.26 Å². The van der Waals surface area contributed by atoms with Crippen molar-refractivity contribution < 1.29 is 0 Å². The molecule has 0 saturated carbocycles. The van der Waals surface area contributed by atoms with Crippen LogP contribution in [0.4, 0.5) is 0 Å². The SMILES string of the molecule is N#Cc1cccc(Sc2cc(Cl)ccc2Cl)c1. The Morgan fingerprint density at radius 2 is 1.88 bits per heavy atom. The molecule has 0 heterocycles. The largest absolute Gasteiger partial charge is 0.192 e. The molecule has 0 unspecified atom stereocenters. The Morgan fingerprint density at radius 1 is 1.06 bits per heavy atom. The maximum atomic E-state index is 8.82. The fourth-order valence-corrected chi connectivity index (χ4v) is 2.72. The molecule has 0 aliphatic carbocycles. The Hall–Kier alpha value is -1.14. The van der Waals surface area contributed by atoms with Crippen LogP contribution in [0, 0.1) is 11.3 Å². The Labute approximate surface area is 114 Å². The van der Waals surface area contributed by atoms with Crippen molar-refractivity contribution in [1.82, 2.24) is 0 Å². The molecule has 84 valence electrons. The minimum absolute atomic E-state index is 0.633. The third kappa shape index (κ3) is 3.17. The summed E-state index contributed by atoms with van der Waals surface area (Å²) in [5, 5.41) is 10.1. The highest BCUT2D eigenvalue weighted by Crippen LogP contribution is 2.35. The van der Waals surface area contributed by atoms with E-state index in [2.05, 4.69) is 6.07 Å². The van der Waals surface area contributed by atoms with Crippen molar-refractivity contribution in [1.29, 1.82) is 5.26 Å². The van der Waals surface area contributed by atoms with Crippen LogP contribution in [0.1, 0.15) is 5.56 Å². The van der Waals surface area contributed by atoms with Crippen molar-refractivity contribution in [2.45, 2.75) is 9.79 Å². The first-order valence-electron chi connectivity index (χ1n) is 4.82. The summed E-state index contributed by atoms with van der Waals surface area (Å²) >= 11 is 13.5. The van der Waals surface area contributed by atoms with Gasteiger partial charge in [-0.15, -0.1) is 0 Å². The molecule has 0 aliphatic heterocycles. The summed E-state index contributed by atoms with van der Waals surface area (Å²) in [5.41, 5.74) is 0.633. The van der Waals surface area contributed by atoms with Crippen LogP contribution in [0.25, 0.3) is 0 Å². The number of nitrogens with zero attached hydrogens (tertiary/aromatic N) is 1. The van der Waals surface area contributed by atoms with Crippen LogP contribution in [0.2, 0.25) is 10.0 Å². The monoisotopic (exact) mass is 279 g/mol.